The molecular weight excluding hydrogens is 443 g/mol. The maximum atomic E-state index is 5.64. The average molecular weight is 465 g/mol. The van der Waals surface area contributed by atoms with Crippen molar-refractivity contribution in [1.29, 1.82) is 0 Å². The first kappa shape index (κ1) is 22.1. The van der Waals surface area contributed by atoms with Crippen LogP contribution in [0.3, 0.4) is 0 Å². The molecule has 2 rings (SSSR count). The number of anilines is 4. The van der Waals surface area contributed by atoms with E-state index in [2.05, 4.69) is 32.4 Å². The van der Waals surface area contributed by atoms with Crippen LogP contribution in [0.25, 0.3) is 0 Å². The number of nitrogens with two attached hydrogens (primary N) is 4. The van der Waals surface area contributed by atoms with Crippen molar-refractivity contribution in [3.63, 3.8) is 0 Å². The molecule has 0 fully saturated rings. The van der Waals surface area contributed by atoms with Crippen LogP contribution < -0.4 is 32.6 Å². The van der Waals surface area contributed by atoms with Gasteiger partial charge >= 0.3 is 152 Å². The number of hydrogen-bond donors (Lipinski definition) is 5. The summed E-state index contributed by atoms with van der Waals surface area (Å²) in [6.45, 7) is 1.39. The molecule has 0 amide bonds. The molecule has 138 valence electrons. The van der Waals surface area contributed by atoms with Crippen LogP contribution in [0.2, 0.25) is 0 Å². The molecule has 0 bridgehead atoms. The van der Waals surface area contributed by atoms with Crippen molar-refractivity contribution < 1.29 is 0 Å². The molecule has 1 heterocycles. The molecule has 0 spiro atoms. The first-order chi connectivity index (χ1) is 11.6. The number of aromatic nitrogens is 3. The molecule has 25 heavy (non-hydrogen) atoms. The van der Waals surface area contributed by atoms with Crippen molar-refractivity contribution >= 4 is 72.7 Å². The molecule has 9 N–H and O–H groups in total. The maximum absolute atomic E-state index is 5.64. The van der Waals surface area contributed by atoms with Crippen LogP contribution in [0.5, 0.6) is 0 Å². The summed E-state index contributed by atoms with van der Waals surface area (Å²) in [6, 6.07) is 8.26. The predicted octanol–water partition coefficient (Wildman–Crippen LogP) is 0.280. The molecule has 0 atom stereocenters. The second-order valence-electron chi connectivity index (χ2n) is 4.55. The van der Waals surface area contributed by atoms with E-state index in [0.717, 1.165) is 17.2 Å². The minimum absolute atomic E-state index is 0. The van der Waals surface area contributed by atoms with E-state index in [0.29, 0.717) is 19.0 Å². The van der Waals surface area contributed by atoms with Gasteiger partial charge in [-0.2, -0.15) is 0 Å². The van der Waals surface area contributed by atoms with E-state index >= 15 is 0 Å². The Labute approximate surface area is 164 Å². The SMILES string of the molecule is Cl.NCCS[As](SCCN)c1ccc(Nc2nc(N)nc(N)n2)cc1. The second kappa shape index (κ2) is 11.7. The fraction of sp³-hybridized carbons (Fsp3) is 0.308. The zero-order valence-electron chi connectivity index (χ0n) is 13.5. The van der Waals surface area contributed by atoms with Crippen molar-refractivity contribution in [2.24, 2.45) is 11.5 Å². The first-order valence-electron chi connectivity index (χ1n) is 7.22. The molecule has 2 aromatic rings. The third-order valence-corrected chi connectivity index (χ3v) is 16.2. The zero-order chi connectivity index (χ0) is 17.4. The standard InChI is InChI=1S/C13H21AsN8S2.ClH/c15-5-7-23-14(24-8-6-16)9-1-3-10(4-2-9)19-13-21-11(17)20-12(18)22-13;/h1-4H,5-8,15-16H2,(H5,17,18,19,20,21,22);1H. The van der Waals surface area contributed by atoms with Gasteiger partial charge in [-0.3, -0.25) is 0 Å². The summed E-state index contributed by atoms with van der Waals surface area (Å²) < 4.78 is 1.36. The van der Waals surface area contributed by atoms with Gasteiger partial charge in [0, 0.05) is 0 Å². The molecule has 0 aliphatic rings. The molecule has 0 unspecified atom stereocenters. The number of rotatable bonds is 9. The molecule has 0 radical (unpaired) electrons. The Morgan fingerprint density at radius 2 is 1.40 bits per heavy atom. The molecule has 8 nitrogen and oxygen atoms in total. The monoisotopic (exact) mass is 464 g/mol. The Morgan fingerprint density at radius 3 is 1.88 bits per heavy atom. The molecule has 0 saturated carbocycles. The second-order valence-corrected chi connectivity index (χ2v) is 16.3. The summed E-state index contributed by atoms with van der Waals surface area (Å²) in [7, 11) is 3.94. The minimum atomic E-state index is -1.26. The Hall–Kier alpha value is -0.902. The topological polar surface area (TPSA) is 155 Å². The van der Waals surface area contributed by atoms with Gasteiger partial charge in [0.15, 0.2) is 0 Å². The van der Waals surface area contributed by atoms with E-state index < -0.39 is 12.3 Å². The quantitative estimate of drug-likeness (QED) is 0.327. The predicted molar refractivity (Wildman–Crippen MR) is 114 cm³/mol. The van der Waals surface area contributed by atoms with E-state index in [9.17, 15) is 0 Å². The summed E-state index contributed by atoms with van der Waals surface area (Å²) in [6.07, 6.45) is 0. The van der Waals surface area contributed by atoms with Gasteiger partial charge in [0.2, 0.25) is 0 Å². The number of nitrogen functional groups attached to an aromatic ring is 2. The Kier molecular flexibility index (Phi) is 10.3. The molecule has 0 aliphatic carbocycles. The van der Waals surface area contributed by atoms with Gasteiger partial charge in [0.05, 0.1) is 0 Å². The van der Waals surface area contributed by atoms with Crippen LogP contribution in [0.4, 0.5) is 23.5 Å². The molecule has 0 aliphatic heterocycles. The van der Waals surface area contributed by atoms with Gasteiger partial charge in [0.1, 0.15) is 0 Å². The Morgan fingerprint density at radius 1 is 0.880 bits per heavy atom. The van der Waals surface area contributed by atoms with Crippen LogP contribution in [0, 0.1) is 0 Å². The third kappa shape index (κ3) is 7.47. The normalized spacial score (nSPS) is 10.5. The van der Waals surface area contributed by atoms with Crippen molar-refractivity contribution in [2.45, 2.75) is 0 Å². The number of nitrogens with one attached hydrogen (secondary N) is 1. The van der Waals surface area contributed by atoms with Crippen LogP contribution in [0.1, 0.15) is 0 Å². The summed E-state index contributed by atoms with van der Waals surface area (Å²) >= 11 is -1.26. The van der Waals surface area contributed by atoms with Gasteiger partial charge in [-0.15, -0.1) is 12.4 Å². The molecule has 1 aromatic heterocycles. The van der Waals surface area contributed by atoms with Gasteiger partial charge < -0.3 is 0 Å². The van der Waals surface area contributed by atoms with Crippen LogP contribution in [-0.2, 0) is 0 Å². The number of nitrogens with zero attached hydrogens (tertiary/aromatic N) is 3. The van der Waals surface area contributed by atoms with E-state index in [1.54, 1.807) is 0 Å². The average Bonchev–Trinajstić information content (AvgIpc) is 2.55. The molecule has 0 saturated heterocycles. The summed E-state index contributed by atoms with van der Waals surface area (Å²) in [5, 5.41) is 3.08. The first-order valence-corrected chi connectivity index (χ1v) is 14.6. The van der Waals surface area contributed by atoms with Gasteiger partial charge in [-0.05, 0) is 0 Å². The van der Waals surface area contributed by atoms with Crippen molar-refractivity contribution in [2.75, 3.05) is 41.4 Å². The van der Waals surface area contributed by atoms with Crippen LogP contribution in [0.15, 0.2) is 24.3 Å². The van der Waals surface area contributed by atoms with E-state index in [1.165, 1.54) is 4.35 Å². The number of hydrogen-bond acceptors (Lipinski definition) is 10. The third-order valence-electron chi connectivity index (χ3n) is 2.66. The molecular formula is C13H22AsClN8S2. The summed E-state index contributed by atoms with van der Waals surface area (Å²) in [5.41, 5.74) is 23.3. The van der Waals surface area contributed by atoms with Gasteiger partial charge in [-0.1, -0.05) is 0 Å². The fourth-order valence-corrected chi connectivity index (χ4v) is 14.0. The van der Waals surface area contributed by atoms with Gasteiger partial charge in [0.25, 0.3) is 0 Å². The van der Waals surface area contributed by atoms with Gasteiger partial charge in [-0.25, -0.2) is 0 Å². The van der Waals surface area contributed by atoms with Crippen LogP contribution >= 0.6 is 32.5 Å². The van der Waals surface area contributed by atoms with Crippen molar-refractivity contribution in [3.05, 3.63) is 24.3 Å². The summed E-state index contributed by atoms with van der Waals surface area (Å²) in [5.74, 6) is 2.45. The zero-order valence-corrected chi connectivity index (χ0v) is 17.8. The van der Waals surface area contributed by atoms with E-state index in [1.807, 2.05) is 32.2 Å². The van der Waals surface area contributed by atoms with E-state index in [-0.39, 0.29) is 24.3 Å². The molecule has 12 heteroatoms. The number of benzene rings is 1. The molecule has 1 aromatic carbocycles. The number of halogens is 1. The van der Waals surface area contributed by atoms with Crippen LogP contribution in [-0.4, -0.2) is 51.9 Å². The van der Waals surface area contributed by atoms with E-state index in [4.69, 9.17) is 22.9 Å². The van der Waals surface area contributed by atoms with Crippen molar-refractivity contribution in [3.8, 4) is 0 Å². The summed E-state index contributed by atoms with van der Waals surface area (Å²) in [4.78, 5) is 11.8. The fourth-order valence-electron chi connectivity index (χ4n) is 1.72. The Bertz CT molecular complexity index is 620. The Balaban J connectivity index is 0.00000312. The van der Waals surface area contributed by atoms with Crippen molar-refractivity contribution in [1.82, 2.24) is 15.0 Å².